The molecule has 1 saturated carbocycles. The van der Waals surface area contributed by atoms with E-state index < -0.39 is 0 Å². The highest BCUT2D eigenvalue weighted by Gasteiger charge is 2.28. The maximum Gasteiger partial charge on any atom is 0.255 e. The van der Waals surface area contributed by atoms with E-state index in [1.807, 2.05) is 0 Å². The first-order chi connectivity index (χ1) is 8.61. The molecule has 0 radical (unpaired) electrons. The molecule has 18 heavy (non-hydrogen) atoms. The minimum atomic E-state index is -0.257. The summed E-state index contributed by atoms with van der Waals surface area (Å²) in [5, 5.41) is 14.0. The van der Waals surface area contributed by atoms with E-state index in [1.54, 1.807) is 6.07 Å². The van der Waals surface area contributed by atoms with Crippen LogP contribution in [0.1, 0.15) is 29.6 Å². The Bertz CT molecular complexity index is 453. The molecule has 3 nitrogen and oxygen atoms in total. The second-order valence-electron chi connectivity index (χ2n) is 4.59. The van der Waals surface area contributed by atoms with Crippen LogP contribution in [0.4, 0.5) is 0 Å². The molecule has 2 N–H and O–H groups in total. The number of carbonyl (C=O) groups excluding carboxylic acids is 1. The molecule has 1 fully saturated rings. The monoisotopic (exact) mass is 331 g/mol. The highest BCUT2D eigenvalue weighted by Crippen LogP contribution is 2.28. The lowest BCUT2D eigenvalue weighted by Crippen LogP contribution is -2.37. The first kappa shape index (κ1) is 13.7. The number of alkyl halides is 1. The third kappa shape index (κ3) is 2.98. The largest absolute Gasteiger partial charge is 0.507 e. The van der Waals surface area contributed by atoms with Crippen LogP contribution in [0.3, 0.4) is 0 Å². The van der Waals surface area contributed by atoms with E-state index in [2.05, 4.69) is 21.2 Å². The molecule has 2 rings (SSSR count). The zero-order valence-corrected chi connectivity index (χ0v) is 12.2. The van der Waals surface area contributed by atoms with E-state index in [4.69, 9.17) is 11.6 Å². The Kier molecular flexibility index (Phi) is 4.51. The van der Waals surface area contributed by atoms with E-state index in [-0.39, 0.29) is 23.3 Å². The van der Waals surface area contributed by atoms with E-state index in [0.29, 0.717) is 10.9 Å². The van der Waals surface area contributed by atoms with Crippen molar-refractivity contribution in [2.75, 3.05) is 5.33 Å². The van der Waals surface area contributed by atoms with Crippen LogP contribution < -0.4 is 5.32 Å². The fourth-order valence-corrected chi connectivity index (χ4v) is 3.29. The van der Waals surface area contributed by atoms with Crippen molar-refractivity contribution in [3.05, 3.63) is 28.8 Å². The first-order valence-corrected chi connectivity index (χ1v) is 7.47. The molecule has 0 aliphatic heterocycles. The van der Waals surface area contributed by atoms with Crippen molar-refractivity contribution < 1.29 is 9.90 Å². The van der Waals surface area contributed by atoms with Crippen molar-refractivity contribution in [3.8, 4) is 5.75 Å². The molecule has 0 spiro atoms. The van der Waals surface area contributed by atoms with Gasteiger partial charge in [0.25, 0.3) is 5.91 Å². The van der Waals surface area contributed by atoms with Gasteiger partial charge >= 0.3 is 0 Å². The van der Waals surface area contributed by atoms with Gasteiger partial charge in [-0.05, 0) is 37.0 Å². The Labute approximate surface area is 120 Å². The lowest BCUT2D eigenvalue weighted by molar-refractivity contribution is 0.0927. The quantitative estimate of drug-likeness (QED) is 0.834. The average molecular weight is 333 g/mol. The van der Waals surface area contributed by atoms with Gasteiger partial charge in [-0.2, -0.15) is 0 Å². The summed E-state index contributed by atoms with van der Waals surface area (Å²) in [4.78, 5) is 12.1. The predicted octanol–water partition coefficient (Wildman–Crippen LogP) is 3.34. The third-order valence-corrected chi connectivity index (χ3v) is 4.44. The van der Waals surface area contributed by atoms with Crippen LogP contribution in [-0.4, -0.2) is 22.4 Å². The summed E-state index contributed by atoms with van der Waals surface area (Å²) in [6, 6.07) is 4.66. The molecule has 1 amide bonds. The Balaban J connectivity index is 2.09. The molecule has 98 valence electrons. The van der Waals surface area contributed by atoms with Gasteiger partial charge in [-0.3, -0.25) is 4.79 Å². The van der Waals surface area contributed by atoms with Gasteiger partial charge in [0.2, 0.25) is 0 Å². The molecule has 2 unspecified atom stereocenters. The van der Waals surface area contributed by atoms with Gasteiger partial charge in [0.1, 0.15) is 5.75 Å². The normalized spacial score (nSPS) is 23.0. The van der Waals surface area contributed by atoms with Crippen molar-refractivity contribution in [2.45, 2.75) is 25.3 Å². The van der Waals surface area contributed by atoms with Crippen molar-refractivity contribution >= 4 is 33.4 Å². The molecular weight excluding hydrogens is 318 g/mol. The molecular formula is C13H15BrClNO2. The first-order valence-electron chi connectivity index (χ1n) is 5.97. The smallest absolute Gasteiger partial charge is 0.255 e. The SMILES string of the molecule is O=C(NC1CCCC1CBr)c1cc(Cl)ccc1O. The highest BCUT2D eigenvalue weighted by molar-refractivity contribution is 9.09. The topological polar surface area (TPSA) is 49.3 Å². The summed E-state index contributed by atoms with van der Waals surface area (Å²) in [6.45, 7) is 0. The Morgan fingerprint density at radius 2 is 2.28 bits per heavy atom. The highest BCUT2D eigenvalue weighted by atomic mass is 79.9. The lowest BCUT2D eigenvalue weighted by atomic mass is 10.1. The number of benzene rings is 1. The van der Waals surface area contributed by atoms with Crippen molar-refractivity contribution in [3.63, 3.8) is 0 Å². The molecule has 2 atom stereocenters. The number of aromatic hydroxyl groups is 1. The summed E-state index contributed by atoms with van der Waals surface area (Å²) >= 11 is 9.30. The molecule has 1 aliphatic rings. The third-order valence-electron chi connectivity index (χ3n) is 3.38. The maximum absolute atomic E-state index is 12.1. The van der Waals surface area contributed by atoms with Gasteiger partial charge in [-0.15, -0.1) is 0 Å². The van der Waals surface area contributed by atoms with Crippen LogP contribution in [0.15, 0.2) is 18.2 Å². The van der Waals surface area contributed by atoms with E-state index in [1.165, 1.54) is 12.1 Å². The predicted molar refractivity (Wildman–Crippen MR) is 75.5 cm³/mol. The second kappa shape index (κ2) is 5.93. The number of rotatable bonds is 3. The number of carbonyl (C=O) groups is 1. The summed E-state index contributed by atoms with van der Waals surface area (Å²) in [6.07, 6.45) is 3.24. The van der Waals surface area contributed by atoms with E-state index >= 15 is 0 Å². The van der Waals surface area contributed by atoms with Crippen LogP contribution >= 0.6 is 27.5 Å². The summed E-state index contributed by atoms with van der Waals surface area (Å²) in [5.41, 5.74) is 0.239. The minimum Gasteiger partial charge on any atom is -0.507 e. The van der Waals surface area contributed by atoms with Crippen molar-refractivity contribution in [2.24, 2.45) is 5.92 Å². The van der Waals surface area contributed by atoms with Crippen LogP contribution in [0.5, 0.6) is 5.75 Å². The van der Waals surface area contributed by atoms with Gasteiger partial charge in [0.05, 0.1) is 5.56 Å². The Hall–Kier alpha value is -0.740. The summed E-state index contributed by atoms with van der Waals surface area (Å²) < 4.78 is 0. The lowest BCUT2D eigenvalue weighted by Gasteiger charge is -2.19. The molecule has 0 heterocycles. The number of amides is 1. The van der Waals surface area contributed by atoms with Gasteiger partial charge < -0.3 is 10.4 Å². The minimum absolute atomic E-state index is 0.0368. The van der Waals surface area contributed by atoms with Crippen molar-refractivity contribution in [1.29, 1.82) is 0 Å². The summed E-state index contributed by atoms with van der Waals surface area (Å²) in [7, 11) is 0. The van der Waals surface area contributed by atoms with Gasteiger partial charge in [-0.25, -0.2) is 0 Å². The molecule has 5 heteroatoms. The molecule has 0 saturated heterocycles. The van der Waals surface area contributed by atoms with Crippen molar-refractivity contribution in [1.82, 2.24) is 5.32 Å². The number of hydrogen-bond donors (Lipinski definition) is 2. The van der Waals surface area contributed by atoms with Gasteiger partial charge in [-0.1, -0.05) is 34.0 Å². The standard InChI is InChI=1S/C13H15BrClNO2/c14-7-8-2-1-3-11(8)16-13(18)10-6-9(15)4-5-12(10)17/h4-6,8,11,17H,1-3,7H2,(H,16,18). The Morgan fingerprint density at radius 1 is 1.50 bits per heavy atom. The maximum atomic E-state index is 12.1. The fraction of sp³-hybridized carbons (Fsp3) is 0.462. The van der Waals surface area contributed by atoms with Crippen LogP contribution in [0.25, 0.3) is 0 Å². The van der Waals surface area contributed by atoms with E-state index in [0.717, 1.165) is 24.6 Å². The van der Waals surface area contributed by atoms with Crippen LogP contribution in [0, 0.1) is 5.92 Å². The van der Waals surface area contributed by atoms with Gasteiger partial charge in [0.15, 0.2) is 0 Å². The molecule has 1 aromatic carbocycles. The fourth-order valence-electron chi connectivity index (χ4n) is 2.35. The zero-order chi connectivity index (χ0) is 13.1. The number of phenolic OH excluding ortho intramolecular Hbond substituents is 1. The second-order valence-corrected chi connectivity index (χ2v) is 5.67. The molecule has 0 aromatic heterocycles. The average Bonchev–Trinajstić information content (AvgIpc) is 2.79. The molecule has 1 aliphatic carbocycles. The number of halogens is 2. The summed E-state index contributed by atoms with van der Waals surface area (Å²) in [5.74, 6) is 0.174. The molecule has 0 bridgehead atoms. The van der Waals surface area contributed by atoms with Gasteiger partial charge in [0, 0.05) is 16.4 Å². The Morgan fingerprint density at radius 3 is 3.00 bits per heavy atom. The molecule has 1 aromatic rings. The number of nitrogens with one attached hydrogen (secondary N) is 1. The van der Waals surface area contributed by atoms with E-state index in [9.17, 15) is 9.90 Å². The number of hydrogen-bond acceptors (Lipinski definition) is 2. The zero-order valence-electron chi connectivity index (χ0n) is 9.83. The number of phenols is 1. The van der Waals surface area contributed by atoms with Crippen LogP contribution in [-0.2, 0) is 0 Å². The van der Waals surface area contributed by atoms with Crippen LogP contribution in [0.2, 0.25) is 5.02 Å².